The molecule has 1 saturated carbocycles. The van der Waals surface area contributed by atoms with Gasteiger partial charge in [-0.2, -0.15) is 0 Å². The molecule has 0 bridgehead atoms. The second kappa shape index (κ2) is 4.28. The van der Waals surface area contributed by atoms with Crippen LogP contribution in [0.2, 0.25) is 0 Å². The van der Waals surface area contributed by atoms with Crippen molar-refractivity contribution in [1.29, 1.82) is 0 Å². The molecule has 15 heavy (non-hydrogen) atoms. The fourth-order valence-corrected chi connectivity index (χ4v) is 2.60. The molecule has 0 spiro atoms. The van der Waals surface area contributed by atoms with Crippen molar-refractivity contribution in [3.05, 3.63) is 16.1 Å². The van der Waals surface area contributed by atoms with Gasteiger partial charge in [-0.3, -0.25) is 4.79 Å². The summed E-state index contributed by atoms with van der Waals surface area (Å²) in [5, 5.41) is 11.8. The van der Waals surface area contributed by atoms with E-state index < -0.39 is 5.97 Å². The molecule has 1 aliphatic carbocycles. The SMILES string of the molecule is NCC(CC(=O)O)c1csc(C2CC2)n1. The minimum Gasteiger partial charge on any atom is -0.481 e. The quantitative estimate of drug-likeness (QED) is 0.798. The summed E-state index contributed by atoms with van der Waals surface area (Å²) in [6, 6.07) is 0. The van der Waals surface area contributed by atoms with Crippen LogP contribution in [0.5, 0.6) is 0 Å². The van der Waals surface area contributed by atoms with E-state index in [1.165, 1.54) is 12.8 Å². The van der Waals surface area contributed by atoms with Crippen LogP contribution in [0.1, 0.15) is 41.8 Å². The third-order valence-corrected chi connectivity index (χ3v) is 3.62. The average Bonchev–Trinajstić information content (AvgIpc) is 2.93. The number of carbonyl (C=O) groups is 1. The van der Waals surface area contributed by atoms with Crippen LogP contribution >= 0.6 is 11.3 Å². The molecule has 1 unspecified atom stereocenters. The van der Waals surface area contributed by atoms with Crippen LogP contribution in [-0.4, -0.2) is 22.6 Å². The monoisotopic (exact) mass is 226 g/mol. The summed E-state index contributed by atoms with van der Waals surface area (Å²) in [6.45, 7) is 0.347. The van der Waals surface area contributed by atoms with Crippen LogP contribution < -0.4 is 5.73 Å². The van der Waals surface area contributed by atoms with E-state index in [9.17, 15) is 4.79 Å². The molecule has 1 aromatic heterocycles. The van der Waals surface area contributed by atoms with Gasteiger partial charge in [0.1, 0.15) is 0 Å². The molecule has 1 heterocycles. The normalized spacial score (nSPS) is 17.7. The molecule has 82 valence electrons. The van der Waals surface area contributed by atoms with E-state index in [0.717, 1.165) is 10.7 Å². The molecule has 3 N–H and O–H groups in total. The minimum atomic E-state index is -0.813. The van der Waals surface area contributed by atoms with Crippen LogP contribution in [0.3, 0.4) is 0 Å². The second-order valence-corrected chi connectivity index (χ2v) is 4.81. The Labute approximate surface area is 92.1 Å². The Balaban J connectivity index is 2.07. The predicted octanol–water partition coefficient (Wildman–Crippen LogP) is 1.54. The van der Waals surface area contributed by atoms with E-state index in [1.807, 2.05) is 5.38 Å². The summed E-state index contributed by atoms with van der Waals surface area (Å²) in [5.74, 6) is -0.315. The van der Waals surface area contributed by atoms with E-state index in [4.69, 9.17) is 10.8 Å². The number of aliphatic carboxylic acids is 1. The number of carboxylic acids is 1. The van der Waals surface area contributed by atoms with Crippen LogP contribution in [0, 0.1) is 0 Å². The molecule has 1 aromatic rings. The summed E-state index contributed by atoms with van der Waals surface area (Å²) in [7, 11) is 0. The zero-order chi connectivity index (χ0) is 10.8. The van der Waals surface area contributed by atoms with E-state index >= 15 is 0 Å². The second-order valence-electron chi connectivity index (χ2n) is 3.92. The van der Waals surface area contributed by atoms with Crippen molar-refractivity contribution in [2.75, 3.05) is 6.54 Å². The number of hydrogen-bond acceptors (Lipinski definition) is 4. The van der Waals surface area contributed by atoms with Crippen LogP contribution in [0.4, 0.5) is 0 Å². The molecule has 1 aliphatic rings. The number of thiazole rings is 1. The highest BCUT2D eigenvalue weighted by atomic mass is 32.1. The molecule has 1 fully saturated rings. The Morgan fingerprint density at radius 1 is 1.73 bits per heavy atom. The lowest BCUT2D eigenvalue weighted by Crippen LogP contribution is -2.16. The van der Waals surface area contributed by atoms with Crippen molar-refractivity contribution in [3.8, 4) is 0 Å². The van der Waals surface area contributed by atoms with E-state index in [2.05, 4.69) is 4.98 Å². The largest absolute Gasteiger partial charge is 0.481 e. The molecular weight excluding hydrogens is 212 g/mol. The third-order valence-electron chi connectivity index (χ3n) is 2.59. The number of hydrogen-bond donors (Lipinski definition) is 2. The summed E-state index contributed by atoms with van der Waals surface area (Å²) >= 11 is 1.63. The Morgan fingerprint density at radius 2 is 2.47 bits per heavy atom. The summed E-state index contributed by atoms with van der Waals surface area (Å²) in [4.78, 5) is 15.1. The lowest BCUT2D eigenvalue weighted by molar-refractivity contribution is -0.137. The maximum Gasteiger partial charge on any atom is 0.304 e. The van der Waals surface area contributed by atoms with Crippen molar-refractivity contribution in [2.45, 2.75) is 31.1 Å². The molecule has 0 saturated heterocycles. The molecular formula is C10H14N2O2S. The van der Waals surface area contributed by atoms with Gasteiger partial charge in [0.15, 0.2) is 0 Å². The Kier molecular flexibility index (Phi) is 3.02. The Morgan fingerprint density at radius 3 is 3.00 bits per heavy atom. The van der Waals surface area contributed by atoms with Crippen molar-refractivity contribution in [3.63, 3.8) is 0 Å². The minimum absolute atomic E-state index is 0.0737. The first-order chi connectivity index (χ1) is 7.20. The van der Waals surface area contributed by atoms with Gasteiger partial charge in [-0.05, 0) is 12.8 Å². The first kappa shape index (κ1) is 10.6. The Bertz CT molecular complexity index is 360. The van der Waals surface area contributed by atoms with Crippen molar-refractivity contribution >= 4 is 17.3 Å². The molecule has 0 radical (unpaired) electrons. The Hall–Kier alpha value is -0.940. The summed E-state index contributed by atoms with van der Waals surface area (Å²) in [6.07, 6.45) is 2.52. The van der Waals surface area contributed by atoms with Crippen molar-refractivity contribution in [2.24, 2.45) is 5.73 Å². The van der Waals surface area contributed by atoms with Gasteiger partial charge < -0.3 is 10.8 Å². The first-order valence-corrected chi connectivity index (χ1v) is 5.96. The fourth-order valence-electron chi connectivity index (χ4n) is 1.53. The van der Waals surface area contributed by atoms with Crippen LogP contribution in [-0.2, 0) is 4.79 Å². The lowest BCUT2D eigenvalue weighted by Gasteiger charge is -2.08. The van der Waals surface area contributed by atoms with Gasteiger partial charge in [0.2, 0.25) is 0 Å². The predicted molar refractivity (Wildman–Crippen MR) is 58.1 cm³/mol. The molecule has 0 aromatic carbocycles. The number of aromatic nitrogens is 1. The topological polar surface area (TPSA) is 76.2 Å². The maximum absolute atomic E-state index is 10.6. The van der Waals surface area contributed by atoms with Crippen LogP contribution in [0.15, 0.2) is 5.38 Å². The highest BCUT2D eigenvalue weighted by Gasteiger charge is 2.27. The lowest BCUT2D eigenvalue weighted by atomic mass is 10.0. The molecule has 0 amide bonds. The zero-order valence-electron chi connectivity index (χ0n) is 8.35. The van der Waals surface area contributed by atoms with Gasteiger partial charge in [-0.25, -0.2) is 4.98 Å². The molecule has 0 aliphatic heterocycles. The standard InChI is InChI=1S/C10H14N2O2S/c11-4-7(3-9(13)14)8-5-15-10(12-8)6-1-2-6/h5-7H,1-4,11H2,(H,13,14). The van der Waals surface area contributed by atoms with Crippen molar-refractivity contribution < 1.29 is 9.90 Å². The van der Waals surface area contributed by atoms with Gasteiger partial charge >= 0.3 is 5.97 Å². The van der Waals surface area contributed by atoms with Gasteiger partial charge in [0, 0.05) is 23.8 Å². The van der Waals surface area contributed by atoms with Gasteiger partial charge in [-0.1, -0.05) is 0 Å². The third kappa shape index (κ3) is 2.54. The number of nitrogens with two attached hydrogens (primary N) is 1. The average molecular weight is 226 g/mol. The van der Waals surface area contributed by atoms with Crippen LogP contribution in [0.25, 0.3) is 0 Å². The van der Waals surface area contributed by atoms with Gasteiger partial charge in [0.05, 0.1) is 17.1 Å². The summed E-state index contributed by atoms with van der Waals surface area (Å²) < 4.78 is 0. The fraction of sp³-hybridized carbons (Fsp3) is 0.600. The molecule has 4 nitrogen and oxygen atoms in total. The first-order valence-electron chi connectivity index (χ1n) is 5.08. The maximum atomic E-state index is 10.6. The van der Waals surface area contributed by atoms with E-state index in [1.54, 1.807) is 11.3 Å². The summed E-state index contributed by atoms with van der Waals surface area (Å²) in [5.41, 5.74) is 6.41. The molecule has 5 heteroatoms. The number of nitrogens with zero attached hydrogens (tertiary/aromatic N) is 1. The highest BCUT2D eigenvalue weighted by Crippen LogP contribution is 2.42. The number of carboxylic acid groups (broad SMARTS) is 1. The van der Waals surface area contributed by atoms with Gasteiger partial charge in [-0.15, -0.1) is 11.3 Å². The molecule has 2 rings (SSSR count). The number of rotatable bonds is 5. The zero-order valence-corrected chi connectivity index (χ0v) is 9.17. The molecule has 1 atom stereocenters. The highest BCUT2D eigenvalue weighted by molar-refractivity contribution is 7.09. The smallest absolute Gasteiger partial charge is 0.304 e. The van der Waals surface area contributed by atoms with Gasteiger partial charge in [0.25, 0.3) is 0 Å². The van der Waals surface area contributed by atoms with E-state index in [-0.39, 0.29) is 12.3 Å². The van der Waals surface area contributed by atoms with Crippen molar-refractivity contribution in [1.82, 2.24) is 4.98 Å². The van der Waals surface area contributed by atoms with E-state index in [0.29, 0.717) is 12.5 Å².